The average Bonchev–Trinajstić information content (AvgIpc) is 2.33. The number of hydrogen-bond donors (Lipinski definition) is 1. The largest absolute Gasteiger partial charge is 0.317 e. The van der Waals surface area contributed by atoms with Gasteiger partial charge in [0.2, 0.25) is 0 Å². The number of allylic oxidation sites excluding steroid dienone is 2. The fourth-order valence-corrected chi connectivity index (χ4v) is 1.88. The van der Waals surface area contributed by atoms with Crippen molar-refractivity contribution < 1.29 is 0 Å². The Bertz CT molecular complexity index is 121. The van der Waals surface area contributed by atoms with Gasteiger partial charge >= 0.3 is 0 Å². The third kappa shape index (κ3) is 3.91. The molecule has 1 heteroatoms. The van der Waals surface area contributed by atoms with Gasteiger partial charge in [0.05, 0.1) is 0 Å². The molecule has 0 aromatic heterocycles. The van der Waals surface area contributed by atoms with E-state index in [0.29, 0.717) is 0 Å². The zero-order valence-electron chi connectivity index (χ0n) is 8.18. The molecule has 0 aromatic rings. The van der Waals surface area contributed by atoms with Crippen molar-refractivity contribution in [3.8, 4) is 0 Å². The molecule has 70 valence electrons. The smallest absolute Gasteiger partial charge is 0.00463 e. The molecular weight excluding hydrogens is 146 g/mol. The third-order valence-corrected chi connectivity index (χ3v) is 2.67. The minimum absolute atomic E-state index is 0.983. The van der Waals surface area contributed by atoms with Gasteiger partial charge in [-0.25, -0.2) is 0 Å². The highest BCUT2D eigenvalue weighted by Crippen LogP contribution is 2.19. The first-order chi connectivity index (χ1) is 5.93. The summed E-state index contributed by atoms with van der Waals surface area (Å²) in [5, 5.41) is 3.45. The Morgan fingerprint density at radius 2 is 2.25 bits per heavy atom. The van der Waals surface area contributed by atoms with E-state index < -0.39 is 0 Å². The maximum absolute atomic E-state index is 3.45. The van der Waals surface area contributed by atoms with E-state index in [2.05, 4.69) is 24.4 Å². The molecule has 1 aliphatic heterocycles. The quantitative estimate of drug-likeness (QED) is 0.637. The second-order valence-corrected chi connectivity index (χ2v) is 3.69. The van der Waals surface area contributed by atoms with Gasteiger partial charge in [-0.1, -0.05) is 12.2 Å². The summed E-state index contributed by atoms with van der Waals surface area (Å²) in [4.78, 5) is 0. The fraction of sp³-hybridized carbons (Fsp3) is 0.818. The number of rotatable bonds is 3. The Hall–Kier alpha value is -0.300. The highest BCUT2D eigenvalue weighted by Gasteiger charge is 2.09. The molecule has 1 fully saturated rings. The van der Waals surface area contributed by atoms with E-state index in [9.17, 15) is 0 Å². The zero-order chi connectivity index (χ0) is 8.65. The van der Waals surface area contributed by atoms with Crippen LogP contribution in [0.1, 0.15) is 39.0 Å². The van der Waals surface area contributed by atoms with Gasteiger partial charge in [-0.2, -0.15) is 0 Å². The summed E-state index contributed by atoms with van der Waals surface area (Å²) in [5.74, 6) is 0.983. The monoisotopic (exact) mass is 167 g/mol. The molecule has 0 spiro atoms. The van der Waals surface area contributed by atoms with E-state index in [4.69, 9.17) is 0 Å². The fourth-order valence-electron chi connectivity index (χ4n) is 1.88. The van der Waals surface area contributed by atoms with Crippen LogP contribution in [0.15, 0.2) is 12.2 Å². The van der Waals surface area contributed by atoms with Crippen LogP contribution in [-0.2, 0) is 0 Å². The molecule has 1 saturated heterocycles. The van der Waals surface area contributed by atoms with E-state index in [1.807, 2.05) is 0 Å². The molecule has 0 aliphatic carbocycles. The summed E-state index contributed by atoms with van der Waals surface area (Å²) in [6, 6.07) is 0. The second-order valence-electron chi connectivity index (χ2n) is 3.69. The molecule has 1 atom stereocenters. The van der Waals surface area contributed by atoms with E-state index in [-0.39, 0.29) is 0 Å². The summed E-state index contributed by atoms with van der Waals surface area (Å²) < 4.78 is 0. The molecule has 0 bridgehead atoms. The molecule has 1 nitrogen and oxygen atoms in total. The van der Waals surface area contributed by atoms with Crippen LogP contribution in [0.3, 0.4) is 0 Å². The Morgan fingerprint density at radius 1 is 1.33 bits per heavy atom. The molecule has 0 radical (unpaired) electrons. The number of nitrogens with one attached hydrogen (secondary N) is 1. The van der Waals surface area contributed by atoms with Crippen molar-refractivity contribution in [1.82, 2.24) is 5.32 Å². The standard InChI is InChI=1S/C11H21N/c1-2-3-4-6-11-7-5-9-12-10-8-11/h2-3,11-12H,4-10H2,1H3/b3-2+. The van der Waals surface area contributed by atoms with Crippen LogP contribution in [0.2, 0.25) is 0 Å². The third-order valence-electron chi connectivity index (χ3n) is 2.67. The molecule has 1 rings (SSSR count). The lowest BCUT2D eigenvalue weighted by molar-refractivity contribution is 0.442. The first kappa shape index (κ1) is 9.79. The average molecular weight is 167 g/mol. The first-order valence-corrected chi connectivity index (χ1v) is 5.25. The van der Waals surface area contributed by atoms with Crippen molar-refractivity contribution in [2.24, 2.45) is 5.92 Å². The van der Waals surface area contributed by atoms with Gasteiger partial charge in [0.25, 0.3) is 0 Å². The Kier molecular flexibility index (Phi) is 5.09. The highest BCUT2D eigenvalue weighted by atomic mass is 14.8. The van der Waals surface area contributed by atoms with Gasteiger partial charge < -0.3 is 5.32 Å². The SMILES string of the molecule is C/C=C/CCC1CCCNCC1. The maximum Gasteiger partial charge on any atom is -0.00463 e. The lowest BCUT2D eigenvalue weighted by Crippen LogP contribution is -2.14. The van der Waals surface area contributed by atoms with Crippen LogP contribution in [-0.4, -0.2) is 13.1 Å². The minimum Gasteiger partial charge on any atom is -0.317 e. The van der Waals surface area contributed by atoms with Crippen LogP contribution in [0.5, 0.6) is 0 Å². The topological polar surface area (TPSA) is 12.0 Å². The minimum atomic E-state index is 0.983. The van der Waals surface area contributed by atoms with Crippen LogP contribution >= 0.6 is 0 Å². The molecule has 1 N–H and O–H groups in total. The molecule has 1 heterocycles. The van der Waals surface area contributed by atoms with Crippen molar-refractivity contribution in [2.45, 2.75) is 39.0 Å². The van der Waals surface area contributed by atoms with Gasteiger partial charge in [-0.05, 0) is 58.0 Å². The van der Waals surface area contributed by atoms with Crippen molar-refractivity contribution in [1.29, 1.82) is 0 Å². The maximum atomic E-state index is 3.45. The predicted molar refractivity (Wildman–Crippen MR) is 54.3 cm³/mol. The summed E-state index contributed by atoms with van der Waals surface area (Å²) in [7, 11) is 0. The van der Waals surface area contributed by atoms with Crippen LogP contribution < -0.4 is 5.32 Å². The molecule has 0 saturated carbocycles. The normalized spacial score (nSPS) is 25.9. The van der Waals surface area contributed by atoms with Crippen molar-refractivity contribution in [3.63, 3.8) is 0 Å². The molecule has 12 heavy (non-hydrogen) atoms. The lowest BCUT2D eigenvalue weighted by Gasteiger charge is -2.11. The Morgan fingerprint density at radius 3 is 3.08 bits per heavy atom. The highest BCUT2D eigenvalue weighted by molar-refractivity contribution is 4.78. The first-order valence-electron chi connectivity index (χ1n) is 5.25. The summed E-state index contributed by atoms with van der Waals surface area (Å²) >= 11 is 0. The van der Waals surface area contributed by atoms with Crippen LogP contribution in [0.25, 0.3) is 0 Å². The van der Waals surface area contributed by atoms with Gasteiger partial charge in [0.1, 0.15) is 0 Å². The molecule has 1 unspecified atom stereocenters. The second kappa shape index (κ2) is 6.24. The lowest BCUT2D eigenvalue weighted by atomic mass is 9.95. The van der Waals surface area contributed by atoms with Gasteiger partial charge in [0, 0.05) is 0 Å². The molecule has 1 aliphatic rings. The van der Waals surface area contributed by atoms with E-state index in [1.165, 1.54) is 45.2 Å². The van der Waals surface area contributed by atoms with Crippen molar-refractivity contribution >= 4 is 0 Å². The van der Waals surface area contributed by atoms with Crippen LogP contribution in [0, 0.1) is 5.92 Å². The predicted octanol–water partition coefficient (Wildman–Crippen LogP) is 2.73. The van der Waals surface area contributed by atoms with E-state index in [1.54, 1.807) is 0 Å². The molecule has 0 aromatic carbocycles. The van der Waals surface area contributed by atoms with Crippen molar-refractivity contribution in [3.05, 3.63) is 12.2 Å². The zero-order valence-corrected chi connectivity index (χ0v) is 8.18. The van der Waals surface area contributed by atoms with Crippen molar-refractivity contribution in [2.75, 3.05) is 13.1 Å². The Labute approximate surface area is 76.2 Å². The van der Waals surface area contributed by atoms with E-state index >= 15 is 0 Å². The van der Waals surface area contributed by atoms with Gasteiger partial charge in [-0.3, -0.25) is 0 Å². The van der Waals surface area contributed by atoms with Gasteiger partial charge in [0.15, 0.2) is 0 Å². The summed E-state index contributed by atoms with van der Waals surface area (Å²) in [5.41, 5.74) is 0. The van der Waals surface area contributed by atoms with Crippen LogP contribution in [0.4, 0.5) is 0 Å². The number of hydrogen-bond acceptors (Lipinski definition) is 1. The Balaban J connectivity index is 2.11. The summed E-state index contributed by atoms with van der Waals surface area (Å²) in [6.45, 7) is 4.58. The molecule has 0 amide bonds. The molecular formula is C11H21N. The van der Waals surface area contributed by atoms with E-state index in [0.717, 1.165) is 5.92 Å². The van der Waals surface area contributed by atoms with Gasteiger partial charge in [-0.15, -0.1) is 0 Å². The summed E-state index contributed by atoms with van der Waals surface area (Å²) in [6.07, 6.45) is 11.3.